The number of hydrogen-bond donors (Lipinski definition) is 1. The van der Waals surface area contributed by atoms with Gasteiger partial charge in [-0.3, -0.25) is 4.79 Å². The Kier molecular flexibility index (Phi) is 4.13. The first kappa shape index (κ1) is 15.2. The minimum Gasteiger partial charge on any atom is -0.376 e. The van der Waals surface area contributed by atoms with E-state index in [0.717, 1.165) is 39.4 Å². The highest BCUT2D eigenvalue weighted by atomic mass is 79.9. The van der Waals surface area contributed by atoms with E-state index in [2.05, 4.69) is 27.3 Å². The van der Waals surface area contributed by atoms with Crippen molar-refractivity contribution < 1.29 is 9.53 Å². The molecule has 0 bridgehead atoms. The molecule has 1 saturated heterocycles. The Morgan fingerprint density at radius 3 is 2.91 bits per heavy atom. The van der Waals surface area contributed by atoms with Crippen LogP contribution in [0.25, 0.3) is 0 Å². The normalized spacial score (nSPS) is 23.7. The Hall–Kier alpha value is -1.37. The maximum Gasteiger partial charge on any atom is 0.257 e. The molecule has 3 heterocycles. The van der Waals surface area contributed by atoms with Crippen molar-refractivity contribution >= 4 is 38.9 Å². The molecule has 0 spiro atoms. The first-order valence-electron chi connectivity index (χ1n) is 7.76. The first-order valence-corrected chi connectivity index (χ1v) is 9.37. The molecule has 2 aliphatic heterocycles. The summed E-state index contributed by atoms with van der Waals surface area (Å²) in [7, 11) is 0. The van der Waals surface area contributed by atoms with Gasteiger partial charge >= 0.3 is 0 Å². The highest BCUT2D eigenvalue weighted by Crippen LogP contribution is 2.37. The second kappa shape index (κ2) is 6.26. The number of fused-ring (bicyclic) bond motifs is 1. The smallest absolute Gasteiger partial charge is 0.257 e. The Morgan fingerprint density at radius 2 is 2.17 bits per heavy atom. The third-order valence-corrected chi connectivity index (χ3v) is 5.99. The van der Waals surface area contributed by atoms with Crippen molar-refractivity contribution in [3.8, 4) is 0 Å². The van der Waals surface area contributed by atoms with Crippen LogP contribution in [0, 0.1) is 0 Å². The number of halogens is 1. The zero-order valence-corrected chi connectivity index (χ0v) is 14.9. The number of carbonyl (C=O) groups excluding carboxylic acids is 1. The Morgan fingerprint density at radius 1 is 1.30 bits per heavy atom. The van der Waals surface area contributed by atoms with Crippen LogP contribution in [0.1, 0.15) is 34.2 Å². The number of hydrogen-bond acceptors (Lipinski definition) is 4. The molecule has 2 aliphatic rings. The summed E-state index contributed by atoms with van der Waals surface area (Å²) in [6, 6.07) is 11.8. The molecular weight excluding hydrogens is 376 g/mol. The van der Waals surface area contributed by atoms with Gasteiger partial charge in [-0.2, -0.15) is 0 Å². The van der Waals surface area contributed by atoms with E-state index < -0.39 is 0 Å². The number of benzene rings is 1. The van der Waals surface area contributed by atoms with E-state index in [9.17, 15) is 4.79 Å². The number of thiophene rings is 1. The summed E-state index contributed by atoms with van der Waals surface area (Å²) in [6.45, 7) is 1.42. The van der Waals surface area contributed by atoms with E-state index in [1.54, 1.807) is 11.3 Å². The Bertz CT molecular complexity index is 727. The van der Waals surface area contributed by atoms with Crippen LogP contribution in [0.2, 0.25) is 0 Å². The fraction of sp³-hybridized carbons (Fsp3) is 0.353. The van der Waals surface area contributed by atoms with E-state index in [0.29, 0.717) is 6.54 Å². The van der Waals surface area contributed by atoms with Crippen LogP contribution in [-0.2, 0) is 4.74 Å². The van der Waals surface area contributed by atoms with Crippen molar-refractivity contribution in [1.82, 2.24) is 4.90 Å². The van der Waals surface area contributed by atoms with Gasteiger partial charge in [0.15, 0.2) is 0 Å². The largest absolute Gasteiger partial charge is 0.376 e. The van der Waals surface area contributed by atoms with Gasteiger partial charge in [0.2, 0.25) is 0 Å². The summed E-state index contributed by atoms with van der Waals surface area (Å²) in [5, 5.41) is 3.52. The highest BCUT2D eigenvalue weighted by molar-refractivity contribution is 9.11. The monoisotopic (exact) mass is 392 g/mol. The molecule has 1 N–H and O–H groups in total. The fourth-order valence-electron chi connectivity index (χ4n) is 3.19. The standard InChI is InChI=1S/C17H17BrN2O2S/c18-15-8-7-14(23-15)16-19-13-6-2-1-5-12(13)17(21)20(16)10-11-4-3-9-22-11/h1-2,5-8,11,16,19H,3-4,9-10H2/t11-,16-/m0/s1. The third kappa shape index (κ3) is 2.91. The summed E-state index contributed by atoms with van der Waals surface area (Å²) in [5.41, 5.74) is 1.63. The van der Waals surface area contributed by atoms with Crippen molar-refractivity contribution in [3.63, 3.8) is 0 Å². The van der Waals surface area contributed by atoms with E-state index >= 15 is 0 Å². The quantitative estimate of drug-likeness (QED) is 0.848. The fourth-order valence-corrected chi connectivity index (χ4v) is 4.68. The molecule has 0 unspecified atom stereocenters. The highest BCUT2D eigenvalue weighted by Gasteiger charge is 2.35. The zero-order chi connectivity index (χ0) is 15.8. The molecule has 0 radical (unpaired) electrons. The summed E-state index contributed by atoms with van der Waals surface area (Å²) in [6.07, 6.45) is 2.09. The van der Waals surface area contributed by atoms with Crippen molar-refractivity contribution in [2.45, 2.75) is 25.1 Å². The van der Waals surface area contributed by atoms with Crippen molar-refractivity contribution in [1.29, 1.82) is 0 Å². The molecule has 1 amide bonds. The first-order chi connectivity index (χ1) is 11.2. The minimum atomic E-state index is -0.141. The van der Waals surface area contributed by atoms with Crippen LogP contribution >= 0.6 is 27.3 Å². The number of anilines is 1. The average molecular weight is 393 g/mol. The lowest BCUT2D eigenvalue weighted by Crippen LogP contribution is -2.46. The maximum absolute atomic E-state index is 13.0. The van der Waals surface area contributed by atoms with Crippen LogP contribution in [0.5, 0.6) is 0 Å². The topological polar surface area (TPSA) is 41.6 Å². The van der Waals surface area contributed by atoms with Gasteiger partial charge in [-0.25, -0.2) is 0 Å². The van der Waals surface area contributed by atoms with Gasteiger partial charge in [0.05, 0.1) is 15.5 Å². The van der Waals surface area contributed by atoms with Gasteiger partial charge in [0.25, 0.3) is 5.91 Å². The van der Waals surface area contributed by atoms with Gasteiger partial charge in [-0.05, 0) is 53.0 Å². The Labute approximate surface area is 147 Å². The molecule has 0 aliphatic carbocycles. The van der Waals surface area contributed by atoms with Crippen LogP contribution in [0.15, 0.2) is 40.2 Å². The number of nitrogens with zero attached hydrogens (tertiary/aromatic N) is 1. The molecule has 0 saturated carbocycles. The predicted molar refractivity (Wildman–Crippen MR) is 94.8 cm³/mol. The summed E-state index contributed by atoms with van der Waals surface area (Å²) < 4.78 is 6.82. The van der Waals surface area contributed by atoms with Gasteiger partial charge in [-0.1, -0.05) is 12.1 Å². The number of para-hydroxylation sites is 1. The van der Waals surface area contributed by atoms with Gasteiger partial charge < -0.3 is 15.0 Å². The van der Waals surface area contributed by atoms with Gasteiger partial charge in [0.1, 0.15) is 6.17 Å². The molecule has 1 aromatic carbocycles. The molecule has 2 atom stereocenters. The molecule has 4 nitrogen and oxygen atoms in total. The predicted octanol–water partition coefficient (Wildman–Crippen LogP) is 4.26. The molecule has 23 heavy (non-hydrogen) atoms. The number of ether oxygens (including phenoxy) is 1. The van der Waals surface area contributed by atoms with Crippen molar-refractivity contribution in [2.75, 3.05) is 18.5 Å². The molecule has 1 fully saturated rings. The van der Waals surface area contributed by atoms with Crippen LogP contribution in [-0.4, -0.2) is 30.1 Å². The lowest BCUT2D eigenvalue weighted by atomic mass is 10.1. The molecule has 4 rings (SSSR count). The third-order valence-electron chi connectivity index (χ3n) is 4.31. The zero-order valence-electron chi connectivity index (χ0n) is 12.5. The van der Waals surface area contributed by atoms with Crippen LogP contribution < -0.4 is 5.32 Å². The molecule has 2 aromatic rings. The number of carbonyl (C=O) groups is 1. The van der Waals surface area contributed by atoms with E-state index in [1.165, 1.54) is 0 Å². The van der Waals surface area contributed by atoms with Crippen molar-refractivity contribution in [2.24, 2.45) is 0 Å². The second-order valence-electron chi connectivity index (χ2n) is 5.83. The molecule has 6 heteroatoms. The number of amides is 1. The lowest BCUT2D eigenvalue weighted by Gasteiger charge is -2.38. The SMILES string of the molecule is O=C1c2ccccc2N[C@H](c2ccc(Br)s2)N1C[C@@H]1CCCO1. The minimum absolute atomic E-state index is 0.0735. The molecular formula is C17H17BrN2O2S. The van der Waals surface area contributed by atoms with Crippen LogP contribution in [0.3, 0.4) is 0 Å². The van der Waals surface area contributed by atoms with Gasteiger partial charge in [-0.15, -0.1) is 11.3 Å². The van der Waals surface area contributed by atoms with Crippen LogP contribution in [0.4, 0.5) is 5.69 Å². The number of nitrogens with one attached hydrogen (secondary N) is 1. The molecule has 1 aromatic heterocycles. The average Bonchev–Trinajstić information content (AvgIpc) is 3.21. The number of rotatable bonds is 3. The Balaban J connectivity index is 1.70. The van der Waals surface area contributed by atoms with Crippen molar-refractivity contribution in [3.05, 3.63) is 50.6 Å². The second-order valence-corrected chi connectivity index (χ2v) is 8.32. The summed E-state index contributed by atoms with van der Waals surface area (Å²) >= 11 is 5.17. The van der Waals surface area contributed by atoms with E-state index in [-0.39, 0.29) is 18.2 Å². The lowest BCUT2D eigenvalue weighted by molar-refractivity contribution is 0.0430. The van der Waals surface area contributed by atoms with E-state index in [4.69, 9.17) is 4.74 Å². The van der Waals surface area contributed by atoms with E-state index in [1.807, 2.05) is 35.2 Å². The van der Waals surface area contributed by atoms with Gasteiger partial charge in [0, 0.05) is 23.7 Å². The maximum atomic E-state index is 13.0. The summed E-state index contributed by atoms with van der Waals surface area (Å²) in [4.78, 5) is 16.1. The molecule has 120 valence electrons. The summed E-state index contributed by atoms with van der Waals surface area (Å²) in [5.74, 6) is 0.0735.